The summed E-state index contributed by atoms with van der Waals surface area (Å²) in [5, 5.41) is 23.1. The monoisotopic (exact) mass is 220 g/mol. The van der Waals surface area contributed by atoms with Crippen LogP contribution >= 0.6 is 0 Å². The molecule has 0 aromatic rings. The SMILES string of the molecule is C=C(O)C(=O)O.CC(=O)C(=O)O.O=C=O. The highest BCUT2D eigenvalue weighted by Gasteiger charge is 1.99. The summed E-state index contributed by atoms with van der Waals surface area (Å²) >= 11 is 0. The molecule has 3 N–H and O–H groups in total. The summed E-state index contributed by atoms with van der Waals surface area (Å²) in [7, 11) is 0. The Labute approximate surface area is 83.4 Å². The van der Waals surface area contributed by atoms with Gasteiger partial charge < -0.3 is 15.3 Å². The predicted octanol–water partition coefficient (Wildman–Crippen LogP) is -0.781. The highest BCUT2D eigenvalue weighted by atomic mass is 16.4. The molecule has 0 atom stereocenters. The first-order valence-electron chi connectivity index (χ1n) is 3.04. The molecule has 0 aliphatic heterocycles. The van der Waals surface area contributed by atoms with Crippen LogP contribution in [0.1, 0.15) is 6.92 Å². The fourth-order valence-corrected chi connectivity index (χ4v) is 0. The van der Waals surface area contributed by atoms with E-state index in [2.05, 4.69) is 6.58 Å². The van der Waals surface area contributed by atoms with Crippen LogP contribution in [0, 0.1) is 0 Å². The fourth-order valence-electron chi connectivity index (χ4n) is 0. The lowest BCUT2D eigenvalue weighted by Gasteiger charge is -1.79. The van der Waals surface area contributed by atoms with Crippen LogP contribution in [0.15, 0.2) is 12.3 Å². The third-order valence-electron chi connectivity index (χ3n) is 0.548. The Morgan fingerprint density at radius 3 is 1.13 bits per heavy atom. The number of carbonyl (C=O) groups excluding carboxylic acids is 3. The lowest BCUT2D eigenvalue weighted by Crippen LogP contribution is -2.05. The molecule has 8 nitrogen and oxygen atoms in total. The van der Waals surface area contributed by atoms with E-state index in [0.717, 1.165) is 6.92 Å². The fraction of sp³-hybridized carbons (Fsp3) is 0.143. The van der Waals surface area contributed by atoms with Crippen molar-refractivity contribution in [3.05, 3.63) is 12.3 Å². The lowest BCUT2D eigenvalue weighted by atomic mass is 10.5. The first kappa shape index (κ1) is 18.3. The Kier molecular flexibility index (Phi) is 14.1. The second-order valence-electron chi connectivity index (χ2n) is 1.70. The number of rotatable bonds is 2. The molecule has 0 spiro atoms. The van der Waals surface area contributed by atoms with Gasteiger partial charge in [0.05, 0.1) is 0 Å². The van der Waals surface area contributed by atoms with E-state index < -0.39 is 23.5 Å². The Morgan fingerprint density at radius 2 is 1.13 bits per heavy atom. The summed E-state index contributed by atoms with van der Waals surface area (Å²) in [5.74, 6) is -4.41. The van der Waals surface area contributed by atoms with Crippen LogP contribution in [0.25, 0.3) is 0 Å². The number of carboxylic acid groups (broad SMARTS) is 2. The van der Waals surface area contributed by atoms with Gasteiger partial charge in [-0.25, -0.2) is 9.59 Å². The number of Topliss-reactive ketones (excluding diaryl/α,β-unsaturated/α-hetero) is 1. The Balaban J connectivity index is -0.000000153. The number of carboxylic acids is 2. The first-order chi connectivity index (χ1) is 6.70. The summed E-state index contributed by atoms with van der Waals surface area (Å²) in [4.78, 5) is 44.5. The number of hydrogen-bond acceptors (Lipinski definition) is 6. The largest absolute Gasteiger partial charge is 0.502 e. The highest BCUT2D eigenvalue weighted by Crippen LogP contribution is 1.75. The molecule has 0 aromatic heterocycles. The van der Waals surface area contributed by atoms with E-state index in [0.29, 0.717) is 0 Å². The minimum Gasteiger partial charge on any atom is -0.502 e. The zero-order chi connectivity index (χ0) is 13.0. The molecule has 0 rings (SSSR count). The smallest absolute Gasteiger partial charge is 0.373 e. The van der Waals surface area contributed by atoms with Crippen LogP contribution < -0.4 is 0 Å². The first-order valence-corrected chi connectivity index (χ1v) is 3.04. The predicted molar refractivity (Wildman–Crippen MR) is 42.7 cm³/mol. The third kappa shape index (κ3) is 34.2. The minimum absolute atomic E-state index is 0.250. The summed E-state index contributed by atoms with van der Waals surface area (Å²) in [5.41, 5.74) is 0. The van der Waals surface area contributed by atoms with Crippen molar-refractivity contribution in [3.63, 3.8) is 0 Å². The molecule has 0 aliphatic carbocycles. The van der Waals surface area contributed by atoms with E-state index in [4.69, 9.17) is 24.9 Å². The Morgan fingerprint density at radius 1 is 1.00 bits per heavy atom. The normalized spacial score (nSPS) is 6.47. The van der Waals surface area contributed by atoms with Gasteiger partial charge in [-0.1, -0.05) is 0 Å². The third-order valence-corrected chi connectivity index (χ3v) is 0.548. The van der Waals surface area contributed by atoms with Gasteiger partial charge in [-0.15, -0.1) is 0 Å². The number of ketones is 1. The van der Waals surface area contributed by atoms with Gasteiger partial charge in [-0.05, 0) is 6.58 Å². The minimum atomic E-state index is -1.38. The summed E-state index contributed by atoms with van der Waals surface area (Å²) in [6.07, 6.45) is 0.250. The van der Waals surface area contributed by atoms with Crippen molar-refractivity contribution in [3.8, 4) is 0 Å². The van der Waals surface area contributed by atoms with Gasteiger partial charge in [-0.2, -0.15) is 9.59 Å². The van der Waals surface area contributed by atoms with Crippen LogP contribution in [0.3, 0.4) is 0 Å². The quantitative estimate of drug-likeness (QED) is 0.312. The summed E-state index contributed by atoms with van der Waals surface area (Å²) < 4.78 is 0. The number of aliphatic carboxylic acids is 2. The van der Waals surface area contributed by atoms with Crippen molar-refractivity contribution in [1.29, 1.82) is 0 Å². The molecule has 0 saturated heterocycles. The number of aliphatic hydroxyl groups excluding tert-OH is 1. The van der Waals surface area contributed by atoms with Gasteiger partial charge >= 0.3 is 18.1 Å². The molecule has 84 valence electrons. The Bertz CT molecular complexity index is 235. The number of carbonyl (C=O) groups is 3. The van der Waals surface area contributed by atoms with Gasteiger partial charge in [0.1, 0.15) is 0 Å². The van der Waals surface area contributed by atoms with Gasteiger partial charge in [-0.3, -0.25) is 4.79 Å². The molecule has 0 heterocycles. The van der Waals surface area contributed by atoms with E-state index in [1.165, 1.54) is 0 Å². The molecule has 0 aliphatic rings. The summed E-state index contributed by atoms with van der Waals surface area (Å²) in [6.45, 7) is 3.71. The van der Waals surface area contributed by atoms with E-state index >= 15 is 0 Å². The van der Waals surface area contributed by atoms with Crippen molar-refractivity contribution >= 4 is 23.9 Å². The number of aliphatic hydroxyl groups is 1. The molecule has 15 heavy (non-hydrogen) atoms. The summed E-state index contributed by atoms with van der Waals surface area (Å²) in [6, 6.07) is 0. The van der Waals surface area contributed by atoms with Crippen LogP contribution in [0.5, 0.6) is 0 Å². The maximum Gasteiger partial charge on any atom is 0.373 e. The topological polar surface area (TPSA) is 146 Å². The molecule has 0 unspecified atom stereocenters. The second-order valence-corrected chi connectivity index (χ2v) is 1.70. The van der Waals surface area contributed by atoms with Crippen LogP contribution in [0.4, 0.5) is 0 Å². The van der Waals surface area contributed by atoms with Crippen molar-refractivity contribution in [2.75, 3.05) is 0 Å². The standard InChI is InChI=1S/2C3H4O3.CO2/c2*1-2(4)3(5)6;2-1-3/h1H3,(H,5,6);4H,1H2,(H,5,6);. The van der Waals surface area contributed by atoms with Gasteiger partial charge in [0.2, 0.25) is 5.78 Å². The maximum absolute atomic E-state index is 9.54. The van der Waals surface area contributed by atoms with Gasteiger partial charge in [0, 0.05) is 6.92 Å². The van der Waals surface area contributed by atoms with Crippen LogP contribution in [0.2, 0.25) is 0 Å². The van der Waals surface area contributed by atoms with Crippen molar-refractivity contribution in [1.82, 2.24) is 0 Å². The van der Waals surface area contributed by atoms with E-state index in [-0.39, 0.29) is 6.15 Å². The molecule has 0 aromatic carbocycles. The molecule has 8 heteroatoms. The second kappa shape index (κ2) is 11.5. The van der Waals surface area contributed by atoms with Crippen LogP contribution in [-0.4, -0.2) is 39.2 Å². The molecular weight excluding hydrogens is 212 g/mol. The molecule has 0 fully saturated rings. The molecule has 0 saturated carbocycles. The molecule has 0 bridgehead atoms. The zero-order valence-electron chi connectivity index (χ0n) is 7.59. The van der Waals surface area contributed by atoms with E-state index in [1.54, 1.807) is 0 Å². The average Bonchev–Trinajstić information content (AvgIpc) is 2.06. The molecule has 0 radical (unpaired) electrons. The molecule has 0 amide bonds. The highest BCUT2D eigenvalue weighted by molar-refractivity contribution is 6.31. The lowest BCUT2D eigenvalue weighted by molar-refractivity contribution is -0.191. The zero-order valence-corrected chi connectivity index (χ0v) is 7.59. The average molecular weight is 220 g/mol. The van der Waals surface area contributed by atoms with Crippen molar-refractivity contribution < 1.29 is 39.3 Å². The maximum atomic E-state index is 9.54. The van der Waals surface area contributed by atoms with E-state index in [9.17, 15) is 14.4 Å². The Hall–Kier alpha value is -2.47. The van der Waals surface area contributed by atoms with E-state index in [1.807, 2.05) is 0 Å². The van der Waals surface area contributed by atoms with Crippen molar-refractivity contribution in [2.45, 2.75) is 6.92 Å². The van der Waals surface area contributed by atoms with Gasteiger partial charge in [0.25, 0.3) is 0 Å². The van der Waals surface area contributed by atoms with Crippen molar-refractivity contribution in [2.24, 2.45) is 0 Å². The number of hydrogen-bond donors (Lipinski definition) is 3. The van der Waals surface area contributed by atoms with Gasteiger partial charge in [0.15, 0.2) is 5.76 Å². The molecular formula is C7H8O8. The van der Waals surface area contributed by atoms with Crippen LogP contribution in [-0.2, 0) is 24.0 Å².